The van der Waals surface area contributed by atoms with E-state index in [0.717, 1.165) is 13.1 Å². The van der Waals surface area contributed by atoms with Crippen LogP contribution in [0.25, 0.3) is 0 Å². The normalized spacial score (nSPS) is 16.5. The maximum atomic E-state index is 7.29. The molecule has 31 heavy (non-hydrogen) atoms. The molecule has 1 fully saturated rings. The molecular formula is C27H38Cl2N2. The van der Waals surface area contributed by atoms with Gasteiger partial charge in [0.05, 0.1) is 0 Å². The molecule has 170 valence electrons. The average molecular weight is 462 g/mol. The molecule has 4 heteroatoms. The van der Waals surface area contributed by atoms with Crippen molar-refractivity contribution >= 4 is 34.6 Å². The lowest BCUT2D eigenvalue weighted by Crippen LogP contribution is -2.46. The first kappa shape index (κ1) is 24.3. The van der Waals surface area contributed by atoms with Crippen LogP contribution in [-0.2, 0) is 0 Å². The molecular weight excluding hydrogens is 423 g/mol. The van der Waals surface area contributed by atoms with Crippen molar-refractivity contribution in [3.05, 3.63) is 58.7 Å². The summed E-state index contributed by atoms with van der Waals surface area (Å²) in [4.78, 5) is 4.45. The number of alkyl halides is 2. The quantitative estimate of drug-likeness (QED) is 0.314. The Bertz CT molecular complexity index is 789. The number of hydrogen-bond acceptors (Lipinski definition) is 2. The van der Waals surface area contributed by atoms with Crippen LogP contribution in [0, 0.1) is 0 Å². The molecule has 0 unspecified atom stereocenters. The minimum atomic E-state index is -1.15. The minimum absolute atomic E-state index is 0.390. The van der Waals surface area contributed by atoms with E-state index in [1.54, 1.807) is 0 Å². The topological polar surface area (TPSA) is 6.48 Å². The minimum Gasteiger partial charge on any atom is -0.321 e. The molecule has 2 aromatic rings. The Balaban J connectivity index is 2.19. The van der Waals surface area contributed by atoms with Gasteiger partial charge in [-0.15, -0.1) is 0 Å². The summed E-state index contributed by atoms with van der Waals surface area (Å²) in [6.45, 7) is 19.5. The van der Waals surface area contributed by atoms with Crippen LogP contribution in [0.1, 0.15) is 101 Å². The molecule has 0 aromatic heterocycles. The van der Waals surface area contributed by atoms with Crippen LogP contribution in [-0.4, -0.2) is 17.7 Å². The van der Waals surface area contributed by atoms with Crippen molar-refractivity contribution in [1.29, 1.82) is 0 Å². The number of nitrogens with zero attached hydrogens (tertiary/aromatic N) is 2. The highest BCUT2D eigenvalue weighted by molar-refractivity contribution is 6.51. The van der Waals surface area contributed by atoms with E-state index in [0.29, 0.717) is 23.7 Å². The van der Waals surface area contributed by atoms with Gasteiger partial charge in [-0.25, -0.2) is 0 Å². The molecule has 0 saturated carbocycles. The number of para-hydroxylation sites is 2. The zero-order valence-electron chi connectivity index (χ0n) is 20.3. The molecule has 0 atom stereocenters. The van der Waals surface area contributed by atoms with Crippen molar-refractivity contribution in [2.75, 3.05) is 22.9 Å². The lowest BCUT2D eigenvalue weighted by atomic mass is 9.91. The summed E-state index contributed by atoms with van der Waals surface area (Å²) in [6, 6.07) is 13.2. The van der Waals surface area contributed by atoms with E-state index in [1.807, 2.05) is 0 Å². The predicted molar refractivity (Wildman–Crippen MR) is 138 cm³/mol. The van der Waals surface area contributed by atoms with Crippen LogP contribution in [0.15, 0.2) is 36.4 Å². The largest absolute Gasteiger partial charge is 0.321 e. The SMILES string of the molecule is CC(C)c1cccc(C(C)C)c1N1CCN(c2c(C(C)C)cccc2C(C)C)C1(Cl)Cl. The van der Waals surface area contributed by atoms with Gasteiger partial charge >= 0.3 is 0 Å². The first-order chi connectivity index (χ1) is 14.5. The monoisotopic (exact) mass is 460 g/mol. The summed E-state index contributed by atoms with van der Waals surface area (Å²) in [5, 5.41) is 0. The van der Waals surface area contributed by atoms with Crippen molar-refractivity contribution < 1.29 is 0 Å². The van der Waals surface area contributed by atoms with Gasteiger partial charge in [0.25, 0.3) is 4.58 Å². The van der Waals surface area contributed by atoms with E-state index >= 15 is 0 Å². The third-order valence-electron chi connectivity index (χ3n) is 6.42. The van der Waals surface area contributed by atoms with Gasteiger partial charge in [-0.3, -0.25) is 0 Å². The molecule has 0 bridgehead atoms. The van der Waals surface area contributed by atoms with E-state index in [2.05, 4.69) is 102 Å². The van der Waals surface area contributed by atoms with Gasteiger partial charge in [0.15, 0.2) is 0 Å². The highest BCUT2D eigenvalue weighted by Crippen LogP contribution is 2.49. The number of benzene rings is 2. The third kappa shape index (κ3) is 4.44. The molecule has 0 spiro atoms. The standard InChI is InChI=1S/C27H38Cl2N2/c1-17(2)21-11-9-12-22(18(3)4)25(21)30-15-16-31(27(30,28)29)26-23(19(5)6)13-10-14-24(26)20(7)8/h9-14,17-20H,15-16H2,1-8H3. The number of halogens is 2. The van der Waals surface area contributed by atoms with Crippen LogP contribution >= 0.6 is 23.2 Å². The van der Waals surface area contributed by atoms with Gasteiger partial charge in [0.2, 0.25) is 0 Å². The number of hydrogen-bond donors (Lipinski definition) is 0. The third-order valence-corrected chi connectivity index (χ3v) is 7.24. The van der Waals surface area contributed by atoms with E-state index in [4.69, 9.17) is 23.2 Å². The van der Waals surface area contributed by atoms with E-state index in [-0.39, 0.29) is 0 Å². The Morgan fingerprint density at radius 1 is 0.581 bits per heavy atom. The van der Waals surface area contributed by atoms with Gasteiger partial charge in [0.1, 0.15) is 0 Å². The maximum absolute atomic E-state index is 7.29. The molecule has 0 aliphatic carbocycles. The first-order valence-corrected chi connectivity index (χ1v) is 12.4. The number of anilines is 2. The van der Waals surface area contributed by atoms with Crippen LogP contribution < -0.4 is 9.80 Å². The highest BCUT2D eigenvalue weighted by Gasteiger charge is 2.47. The average Bonchev–Trinajstić information content (AvgIpc) is 3.00. The molecule has 2 aromatic carbocycles. The molecule has 1 aliphatic rings. The Hall–Kier alpha value is -1.38. The van der Waals surface area contributed by atoms with Gasteiger partial charge in [0, 0.05) is 24.5 Å². The molecule has 1 aliphatic heterocycles. The van der Waals surface area contributed by atoms with Gasteiger partial charge in [-0.2, -0.15) is 0 Å². The van der Waals surface area contributed by atoms with Gasteiger partial charge in [-0.05, 0) is 45.9 Å². The number of rotatable bonds is 6. The molecule has 0 N–H and O–H groups in total. The second-order valence-electron chi connectivity index (χ2n) is 10.0. The molecule has 1 saturated heterocycles. The summed E-state index contributed by atoms with van der Waals surface area (Å²) in [5.74, 6) is 1.56. The zero-order chi connectivity index (χ0) is 23.1. The summed E-state index contributed by atoms with van der Waals surface area (Å²) in [5.41, 5.74) is 7.63. The Kier molecular flexibility index (Phi) is 7.23. The Morgan fingerprint density at radius 2 is 0.839 bits per heavy atom. The molecule has 0 amide bonds. The second kappa shape index (κ2) is 9.24. The molecule has 2 nitrogen and oxygen atoms in total. The van der Waals surface area contributed by atoms with Crippen molar-refractivity contribution in [2.24, 2.45) is 0 Å². The van der Waals surface area contributed by atoms with Crippen LogP contribution in [0.4, 0.5) is 11.4 Å². The van der Waals surface area contributed by atoms with Crippen LogP contribution in [0.2, 0.25) is 0 Å². The maximum Gasteiger partial charge on any atom is 0.271 e. The van der Waals surface area contributed by atoms with E-state index in [9.17, 15) is 0 Å². The fraction of sp³-hybridized carbons (Fsp3) is 0.556. The second-order valence-corrected chi connectivity index (χ2v) is 11.2. The lowest BCUT2D eigenvalue weighted by Gasteiger charge is -2.40. The summed E-state index contributed by atoms with van der Waals surface area (Å²) in [7, 11) is 0. The predicted octanol–water partition coefficient (Wildman–Crippen LogP) is 8.60. The van der Waals surface area contributed by atoms with Crippen molar-refractivity contribution in [1.82, 2.24) is 0 Å². The van der Waals surface area contributed by atoms with Crippen LogP contribution in [0.3, 0.4) is 0 Å². The Morgan fingerprint density at radius 3 is 1.06 bits per heavy atom. The highest BCUT2D eigenvalue weighted by atomic mass is 35.5. The fourth-order valence-electron chi connectivity index (χ4n) is 4.75. The summed E-state index contributed by atoms with van der Waals surface area (Å²) in [6.07, 6.45) is 0. The summed E-state index contributed by atoms with van der Waals surface area (Å²) < 4.78 is -1.15. The van der Waals surface area contributed by atoms with Gasteiger partial charge < -0.3 is 9.80 Å². The van der Waals surface area contributed by atoms with Crippen molar-refractivity contribution in [3.63, 3.8) is 0 Å². The van der Waals surface area contributed by atoms with Gasteiger partial charge in [-0.1, -0.05) is 115 Å². The molecule has 0 radical (unpaired) electrons. The fourth-order valence-corrected chi connectivity index (χ4v) is 5.43. The molecule has 1 heterocycles. The van der Waals surface area contributed by atoms with Crippen LogP contribution in [0.5, 0.6) is 0 Å². The van der Waals surface area contributed by atoms with Crippen molar-refractivity contribution in [2.45, 2.75) is 83.6 Å². The Labute approximate surface area is 199 Å². The smallest absolute Gasteiger partial charge is 0.271 e. The lowest BCUT2D eigenvalue weighted by molar-refractivity contribution is 0.743. The van der Waals surface area contributed by atoms with E-state index in [1.165, 1.54) is 33.6 Å². The molecule has 3 rings (SSSR count). The van der Waals surface area contributed by atoms with Crippen molar-refractivity contribution in [3.8, 4) is 0 Å². The zero-order valence-corrected chi connectivity index (χ0v) is 21.8. The first-order valence-electron chi connectivity index (χ1n) is 11.7. The van der Waals surface area contributed by atoms with E-state index < -0.39 is 4.58 Å². The summed E-state index contributed by atoms with van der Waals surface area (Å²) >= 11 is 14.6.